The molecular formula is C22H22ClN3O3. The molecule has 2 aromatic carbocycles. The predicted octanol–water partition coefficient (Wildman–Crippen LogP) is 3.84. The van der Waals surface area contributed by atoms with Crippen LogP contribution in [0.2, 0.25) is 5.02 Å². The monoisotopic (exact) mass is 411 g/mol. The smallest absolute Gasteiger partial charge is 0.354 e. The van der Waals surface area contributed by atoms with Gasteiger partial charge in [-0.25, -0.2) is 9.78 Å². The molecule has 0 saturated heterocycles. The largest absolute Gasteiger partial charge is 0.477 e. The van der Waals surface area contributed by atoms with E-state index < -0.39 is 12.1 Å². The van der Waals surface area contributed by atoms with Gasteiger partial charge in [0.05, 0.1) is 11.8 Å². The van der Waals surface area contributed by atoms with E-state index >= 15 is 0 Å². The lowest BCUT2D eigenvalue weighted by molar-refractivity contribution is 0.0690. The van der Waals surface area contributed by atoms with Gasteiger partial charge in [0, 0.05) is 35.9 Å². The summed E-state index contributed by atoms with van der Waals surface area (Å²) in [4.78, 5) is 15.3. The molecule has 1 atom stereocenters. The average Bonchev–Trinajstić information content (AvgIpc) is 2.73. The third-order valence-electron chi connectivity index (χ3n) is 4.33. The highest BCUT2D eigenvalue weighted by molar-refractivity contribution is 6.30. The fourth-order valence-electron chi connectivity index (χ4n) is 2.87. The van der Waals surface area contributed by atoms with E-state index in [1.165, 1.54) is 6.07 Å². The van der Waals surface area contributed by atoms with E-state index in [2.05, 4.69) is 15.6 Å². The van der Waals surface area contributed by atoms with E-state index in [0.717, 1.165) is 16.8 Å². The zero-order chi connectivity index (χ0) is 20.6. The first-order chi connectivity index (χ1) is 14.0. The molecule has 0 bridgehead atoms. The molecule has 0 aliphatic carbocycles. The quantitative estimate of drug-likeness (QED) is 0.400. The van der Waals surface area contributed by atoms with Crippen LogP contribution in [0.5, 0.6) is 0 Å². The number of pyridine rings is 1. The van der Waals surface area contributed by atoms with Gasteiger partial charge in [0.1, 0.15) is 5.69 Å². The fraction of sp³-hybridized carbons (Fsp3) is 0.182. The number of hydrogen-bond donors (Lipinski definition) is 4. The number of anilines is 1. The number of aliphatic hydroxyl groups excluding tert-OH is 1. The van der Waals surface area contributed by atoms with Crippen LogP contribution in [0.15, 0.2) is 66.7 Å². The number of nitrogens with one attached hydrogen (secondary N) is 2. The van der Waals surface area contributed by atoms with Crippen LogP contribution in [-0.4, -0.2) is 40.8 Å². The summed E-state index contributed by atoms with van der Waals surface area (Å²) in [6, 6.07) is 19.8. The molecule has 0 spiro atoms. The lowest BCUT2D eigenvalue weighted by atomic mass is 10.1. The first kappa shape index (κ1) is 20.8. The summed E-state index contributed by atoms with van der Waals surface area (Å²) in [5.74, 6) is -1.05. The Balaban J connectivity index is 1.50. The Bertz CT molecular complexity index is 981. The summed E-state index contributed by atoms with van der Waals surface area (Å²) in [5.41, 5.74) is 3.14. The topological polar surface area (TPSA) is 94.5 Å². The summed E-state index contributed by atoms with van der Waals surface area (Å²) < 4.78 is 0. The maximum absolute atomic E-state index is 11.1. The van der Waals surface area contributed by atoms with Gasteiger partial charge in [-0.15, -0.1) is 0 Å². The van der Waals surface area contributed by atoms with Gasteiger partial charge in [-0.3, -0.25) is 0 Å². The van der Waals surface area contributed by atoms with Crippen molar-refractivity contribution < 1.29 is 15.0 Å². The Hall–Kier alpha value is -2.93. The summed E-state index contributed by atoms with van der Waals surface area (Å²) in [5, 5.41) is 26.4. The average molecular weight is 412 g/mol. The number of carboxylic acid groups (broad SMARTS) is 1. The highest BCUT2D eigenvalue weighted by Gasteiger charge is 2.08. The number of benzene rings is 2. The van der Waals surface area contributed by atoms with Gasteiger partial charge in [-0.05, 0) is 42.0 Å². The molecule has 0 aliphatic heterocycles. The van der Waals surface area contributed by atoms with Crippen molar-refractivity contribution in [2.75, 3.05) is 25.0 Å². The number of aliphatic hydroxyl groups is 1. The molecule has 0 radical (unpaired) electrons. The highest BCUT2D eigenvalue weighted by atomic mass is 35.5. The third-order valence-corrected chi connectivity index (χ3v) is 4.56. The van der Waals surface area contributed by atoms with Gasteiger partial charge >= 0.3 is 5.97 Å². The van der Waals surface area contributed by atoms with Crippen LogP contribution in [0.25, 0.3) is 11.3 Å². The van der Waals surface area contributed by atoms with Crippen molar-refractivity contribution in [2.45, 2.75) is 6.10 Å². The Morgan fingerprint density at radius 3 is 2.62 bits per heavy atom. The number of hydrogen-bond acceptors (Lipinski definition) is 5. The van der Waals surface area contributed by atoms with Crippen LogP contribution < -0.4 is 10.6 Å². The molecule has 1 aromatic heterocycles. The summed E-state index contributed by atoms with van der Waals surface area (Å²) in [6.45, 7) is 1.75. The molecule has 150 valence electrons. The number of carboxylic acids is 1. The number of halogens is 1. The minimum absolute atomic E-state index is 0.0170. The van der Waals surface area contributed by atoms with Crippen LogP contribution in [0.4, 0.5) is 5.69 Å². The van der Waals surface area contributed by atoms with Crippen molar-refractivity contribution in [3.8, 4) is 11.3 Å². The van der Waals surface area contributed by atoms with Crippen molar-refractivity contribution in [2.24, 2.45) is 0 Å². The maximum Gasteiger partial charge on any atom is 0.354 e. The number of rotatable bonds is 9. The molecule has 3 aromatic rings. The number of aromatic nitrogens is 1. The molecule has 29 heavy (non-hydrogen) atoms. The van der Waals surface area contributed by atoms with Gasteiger partial charge in [0.15, 0.2) is 0 Å². The summed E-state index contributed by atoms with van der Waals surface area (Å²) >= 11 is 5.95. The third kappa shape index (κ3) is 6.02. The zero-order valence-corrected chi connectivity index (χ0v) is 16.4. The molecule has 0 aliphatic rings. The second-order valence-electron chi connectivity index (χ2n) is 6.50. The Morgan fingerprint density at radius 1 is 1.03 bits per heavy atom. The fourth-order valence-corrected chi connectivity index (χ4v) is 3.07. The van der Waals surface area contributed by atoms with Crippen molar-refractivity contribution >= 4 is 23.3 Å². The highest BCUT2D eigenvalue weighted by Crippen LogP contribution is 2.21. The second kappa shape index (κ2) is 10.0. The minimum Gasteiger partial charge on any atom is -0.477 e. The van der Waals surface area contributed by atoms with Crippen molar-refractivity contribution in [1.29, 1.82) is 0 Å². The lowest BCUT2D eigenvalue weighted by Gasteiger charge is -2.13. The lowest BCUT2D eigenvalue weighted by Crippen LogP contribution is -2.26. The predicted molar refractivity (Wildman–Crippen MR) is 114 cm³/mol. The van der Waals surface area contributed by atoms with E-state index in [0.29, 0.717) is 30.4 Å². The molecule has 1 unspecified atom stereocenters. The Labute approximate surface area is 174 Å². The Morgan fingerprint density at radius 2 is 1.83 bits per heavy atom. The number of carbonyl (C=O) groups is 1. The van der Waals surface area contributed by atoms with Gasteiger partial charge < -0.3 is 20.8 Å². The van der Waals surface area contributed by atoms with Crippen LogP contribution in [-0.2, 0) is 0 Å². The van der Waals surface area contributed by atoms with Crippen molar-refractivity contribution in [3.63, 3.8) is 0 Å². The van der Waals surface area contributed by atoms with Gasteiger partial charge in [0.25, 0.3) is 0 Å². The van der Waals surface area contributed by atoms with Crippen LogP contribution in [0.1, 0.15) is 22.2 Å². The molecule has 4 N–H and O–H groups in total. The maximum atomic E-state index is 11.1. The van der Waals surface area contributed by atoms with Gasteiger partial charge in [-0.1, -0.05) is 41.9 Å². The van der Waals surface area contributed by atoms with Gasteiger partial charge in [-0.2, -0.15) is 0 Å². The van der Waals surface area contributed by atoms with Crippen LogP contribution in [0.3, 0.4) is 0 Å². The Kier molecular flexibility index (Phi) is 7.19. The first-order valence-corrected chi connectivity index (χ1v) is 9.59. The molecule has 0 saturated carbocycles. The molecule has 1 heterocycles. The van der Waals surface area contributed by atoms with E-state index in [4.69, 9.17) is 16.7 Å². The SMILES string of the molecule is O=C(O)c1cccc(-c2cccc(NCCNCC(O)c3cccc(Cl)c3)c2)n1. The standard InChI is InChI=1S/C22H22ClN3O3/c23-17-6-1-5-16(12-17)21(27)14-24-10-11-25-18-7-2-4-15(13-18)19-8-3-9-20(26-19)22(28)29/h1-9,12-13,21,24-25,27H,10-11,14H2,(H,28,29). The minimum atomic E-state index is -1.05. The number of nitrogens with zero attached hydrogens (tertiary/aromatic N) is 1. The summed E-state index contributed by atoms with van der Waals surface area (Å²) in [7, 11) is 0. The first-order valence-electron chi connectivity index (χ1n) is 9.22. The molecule has 0 fully saturated rings. The van der Waals surface area contributed by atoms with E-state index in [-0.39, 0.29) is 5.69 Å². The molecule has 6 nitrogen and oxygen atoms in total. The van der Waals surface area contributed by atoms with Gasteiger partial charge in [0.2, 0.25) is 0 Å². The molecular weight excluding hydrogens is 390 g/mol. The van der Waals surface area contributed by atoms with E-state index in [1.54, 1.807) is 24.3 Å². The van der Waals surface area contributed by atoms with E-state index in [9.17, 15) is 9.90 Å². The zero-order valence-electron chi connectivity index (χ0n) is 15.7. The number of aromatic carboxylic acids is 1. The van der Waals surface area contributed by atoms with Crippen molar-refractivity contribution in [3.05, 3.63) is 83.0 Å². The molecule has 7 heteroatoms. The van der Waals surface area contributed by atoms with Crippen molar-refractivity contribution in [1.82, 2.24) is 10.3 Å². The molecule has 3 rings (SSSR count). The summed E-state index contributed by atoms with van der Waals surface area (Å²) in [6.07, 6.45) is -0.621. The molecule has 0 amide bonds. The normalized spacial score (nSPS) is 11.8. The van der Waals surface area contributed by atoms with Crippen LogP contribution >= 0.6 is 11.6 Å². The van der Waals surface area contributed by atoms with E-state index in [1.807, 2.05) is 36.4 Å². The second-order valence-corrected chi connectivity index (χ2v) is 6.93. The van der Waals surface area contributed by atoms with Crippen LogP contribution in [0, 0.1) is 0 Å².